The normalized spacial score (nSPS) is 24.7. The monoisotopic (exact) mass is 515 g/mol. The number of phenolic OH excluding ortho intramolecular Hbond substituents is 2. The van der Waals surface area contributed by atoms with Gasteiger partial charge in [-0.3, -0.25) is 9.59 Å². The summed E-state index contributed by atoms with van der Waals surface area (Å²) in [5, 5.41) is 25.0. The number of imide groups is 1. The molecule has 3 aromatic carbocycles. The van der Waals surface area contributed by atoms with Crippen molar-refractivity contribution in [1.29, 1.82) is 0 Å². The highest BCUT2D eigenvalue weighted by Crippen LogP contribution is 2.53. The van der Waals surface area contributed by atoms with Crippen molar-refractivity contribution in [2.24, 2.45) is 5.41 Å². The quantitative estimate of drug-likeness (QED) is 0.390. The Morgan fingerprint density at radius 2 is 1.34 bits per heavy atom. The number of nitrogens with zero attached hydrogens (tertiary/aromatic N) is 1. The van der Waals surface area contributed by atoms with Crippen LogP contribution in [0.2, 0.25) is 0 Å². The van der Waals surface area contributed by atoms with Crippen LogP contribution in [0.3, 0.4) is 0 Å². The Bertz CT molecular complexity index is 1330. The number of likely N-dealkylation sites (tertiary alicyclic amines) is 1. The Kier molecular flexibility index (Phi) is 6.23. The summed E-state index contributed by atoms with van der Waals surface area (Å²) in [7, 11) is 0. The van der Waals surface area contributed by atoms with Crippen LogP contribution < -0.4 is 10.6 Å². The molecule has 0 radical (unpaired) electrons. The number of Topliss-reactive ketones (excluding diaryl/α,β-unsaturated/α-hetero) is 1. The van der Waals surface area contributed by atoms with E-state index in [9.17, 15) is 29.4 Å². The van der Waals surface area contributed by atoms with Crippen LogP contribution in [0.5, 0.6) is 11.5 Å². The lowest BCUT2D eigenvalue weighted by atomic mass is 9.65. The van der Waals surface area contributed by atoms with Gasteiger partial charge < -0.3 is 25.6 Å². The minimum absolute atomic E-state index is 0.0401. The van der Waals surface area contributed by atoms with Gasteiger partial charge >= 0.3 is 12.1 Å². The van der Waals surface area contributed by atoms with Gasteiger partial charge in [0.05, 0.1) is 12.1 Å². The first-order valence-corrected chi connectivity index (χ1v) is 12.0. The average molecular weight is 516 g/mol. The summed E-state index contributed by atoms with van der Waals surface area (Å²) >= 11 is 0. The summed E-state index contributed by atoms with van der Waals surface area (Å²) < 4.78 is 5.41. The molecule has 4 N–H and O–H groups in total. The van der Waals surface area contributed by atoms with Gasteiger partial charge in [-0.1, -0.05) is 54.6 Å². The number of nitrogens with one attached hydrogen (secondary N) is 2. The number of amides is 4. The van der Waals surface area contributed by atoms with E-state index in [4.69, 9.17) is 4.74 Å². The molecule has 1 spiro atoms. The Morgan fingerprint density at radius 3 is 1.84 bits per heavy atom. The summed E-state index contributed by atoms with van der Waals surface area (Å²) in [5.41, 5.74) is -0.506. The molecule has 4 atom stereocenters. The van der Waals surface area contributed by atoms with E-state index in [1.54, 1.807) is 24.3 Å². The lowest BCUT2D eigenvalue weighted by molar-refractivity contribution is -0.143. The number of ether oxygens (including phenoxy) is 1. The van der Waals surface area contributed by atoms with Crippen molar-refractivity contribution in [3.63, 3.8) is 0 Å². The number of hydrogen-bond acceptors (Lipinski definition) is 7. The second kappa shape index (κ2) is 9.55. The second-order valence-electron chi connectivity index (χ2n) is 9.29. The molecule has 2 aliphatic rings. The number of aromatic hydroxyl groups is 2. The Labute approximate surface area is 217 Å². The lowest BCUT2D eigenvalue weighted by Gasteiger charge is -2.45. The molecule has 1 unspecified atom stereocenters. The van der Waals surface area contributed by atoms with Crippen LogP contribution in [0.25, 0.3) is 0 Å². The van der Waals surface area contributed by atoms with Crippen LogP contribution in [0.15, 0.2) is 78.9 Å². The fraction of sp³-hybridized carbons (Fsp3) is 0.214. The number of rotatable bonds is 4. The third-order valence-corrected chi connectivity index (χ3v) is 7.06. The molecule has 0 saturated carbocycles. The molecule has 2 saturated heterocycles. The fourth-order valence-electron chi connectivity index (χ4n) is 5.23. The van der Waals surface area contributed by atoms with E-state index in [0.717, 1.165) is 4.90 Å². The van der Waals surface area contributed by atoms with E-state index in [0.29, 0.717) is 16.7 Å². The van der Waals surface area contributed by atoms with E-state index in [1.165, 1.54) is 55.5 Å². The average Bonchev–Trinajstić information content (AvgIpc) is 3.11. The second-order valence-corrected chi connectivity index (χ2v) is 9.29. The highest BCUT2D eigenvalue weighted by atomic mass is 16.6. The number of ketones is 1. The van der Waals surface area contributed by atoms with Crippen molar-refractivity contribution >= 4 is 23.8 Å². The van der Waals surface area contributed by atoms with Gasteiger partial charge in [0.2, 0.25) is 0 Å². The molecule has 2 heterocycles. The van der Waals surface area contributed by atoms with Gasteiger partial charge in [-0.25, -0.2) is 14.5 Å². The molecule has 0 aromatic heterocycles. The third kappa shape index (κ3) is 4.00. The Morgan fingerprint density at radius 1 is 0.842 bits per heavy atom. The molecule has 0 aliphatic carbocycles. The van der Waals surface area contributed by atoms with E-state index in [-0.39, 0.29) is 18.1 Å². The van der Waals surface area contributed by atoms with Crippen molar-refractivity contribution in [2.75, 3.05) is 0 Å². The minimum Gasteiger partial charge on any atom is -0.508 e. The number of phenols is 2. The molecule has 10 nitrogen and oxygen atoms in total. The van der Waals surface area contributed by atoms with E-state index in [2.05, 4.69) is 10.6 Å². The third-order valence-electron chi connectivity index (χ3n) is 7.06. The van der Waals surface area contributed by atoms with Gasteiger partial charge in [-0.05, 0) is 47.9 Å². The predicted molar refractivity (Wildman–Crippen MR) is 134 cm³/mol. The van der Waals surface area contributed by atoms with E-state index < -0.39 is 47.4 Å². The van der Waals surface area contributed by atoms with Gasteiger partial charge in [-0.15, -0.1) is 0 Å². The van der Waals surface area contributed by atoms with Gasteiger partial charge in [0, 0.05) is 0 Å². The van der Waals surface area contributed by atoms with Crippen molar-refractivity contribution in [3.8, 4) is 11.5 Å². The van der Waals surface area contributed by atoms with Crippen molar-refractivity contribution in [2.45, 2.75) is 31.7 Å². The maximum atomic E-state index is 14.3. The molecule has 0 bridgehead atoms. The fourth-order valence-corrected chi connectivity index (χ4v) is 5.23. The van der Waals surface area contributed by atoms with Crippen molar-refractivity contribution in [3.05, 3.63) is 95.6 Å². The zero-order valence-corrected chi connectivity index (χ0v) is 20.3. The number of carbonyl (C=O) groups is 4. The first-order valence-electron chi connectivity index (χ1n) is 12.0. The molecular weight excluding hydrogens is 490 g/mol. The molecule has 5 rings (SSSR count). The number of carbonyl (C=O) groups excluding carboxylic acids is 4. The maximum Gasteiger partial charge on any atom is 0.417 e. The summed E-state index contributed by atoms with van der Waals surface area (Å²) in [5.74, 6) is -1.51. The van der Waals surface area contributed by atoms with Gasteiger partial charge in [0.15, 0.2) is 11.2 Å². The Balaban J connectivity index is 1.60. The van der Waals surface area contributed by atoms with Gasteiger partial charge in [0.25, 0.3) is 5.91 Å². The zero-order chi connectivity index (χ0) is 27.0. The summed E-state index contributed by atoms with van der Waals surface area (Å²) in [6.07, 6.45) is -0.984. The van der Waals surface area contributed by atoms with Crippen LogP contribution in [0.1, 0.15) is 35.7 Å². The molecule has 38 heavy (non-hydrogen) atoms. The smallest absolute Gasteiger partial charge is 0.417 e. The van der Waals surface area contributed by atoms with E-state index in [1.807, 2.05) is 6.07 Å². The summed E-state index contributed by atoms with van der Waals surface area (Å²) in [6, 6.07) is 16.3. The van der Waals surface area contributed by atoms with Crippen LogP contribution in [-0.2, 0) is 20.9 Å². The highest BCUT2D eigenvalue weighted by molar-refractivity contribution is 6.21. The lowest BCUT2D eigenvalue weighted by Crippen LogP contribution is -2.63. The number of urea groups is 1. The Hall–Kier alpha value is -4.86. The first kappa shape index (κ1) is 24.8. The minimum atomic E-state index is -1.98. The summed E-state index contributed by atoms with van der Waals surface area (Å²) in [4.78, 5) is 55.2. The zero-order valence-electron chi connectivity index (χ0n) is 20.3. The molecule has 194 valence electrons. The van der Waals surface area contributed by atoms with Crippen molar-refractivity contribution < 1.29 is 34.1 Å². The van der Waals surface area contributed by atoms with Crippen LogP contribution in [0, 0.1) is 5.41 Å². The van der Waals surface area contributed by atoms with Crippen LogP contribution in [0.4, 0.5) is 9.59 Å². The van der Waals surface area contributed by atoms with Crippen LogP contribution in [-0.4, -0.2) is 45.0 Å². The molecule has 2 fully saturated rings. The van der Waals surface area contributed by atoms with Gasteiger partial charge in [0.1, 0.15) is 24.1 Å². The number of hydrogen-bond donors (Lipinski definition) is 4. The molecule has 4 amide bonds. The van der Waals surface area contributed by atoms with Gasteiger partial charge in [-0.2, -0.15) is 0 Å². The van der Waals surface area contributed by atoms with Crippen molar-refractivity contribution in [1.82, 2.24) is 15.5 Å². The summed E-state index contributed by atoms with van der Waals surface area (Å²) in [6.45, 7) is 1.34. The first-order chi connectivity index (χ1) is 18.2. The van der Waals surface area contributed by atoms with E-state index >= 15 is 0 Å². The van der Waals surface area contributed by atoms with Crippen LogP contribution >= 0.6 is 0 Å². The molecule has 3 aromatic rings. The maximum absolute atomic E-state index is 14.3. The topological polar surface area (TPSA) is 145 Å². The number of benzene rings is 3. The predicted octanol–water partition coefficient (Wildman–Crippen LogP) is 3.32. The SMILES string of the molecule is C[C@H]1C(=O)C2(C(=O)N1C(=O)OCc1ccccc1)[C@@H](c1ccc(O)cc1)NC(=O)N[C@H]2c1ccc(O)cc1. The standard InChI is InChI=1S/C28H25N3O7/c1-16-24(34)28(25(35)31(16)27(37)38-15-17-5-3-2-4-6-17)22(18-7-11-20(32)12-8-18)29-26(36)30-23(28)19-9-13-21(33)14-10-19/h2-14,16,22-23,32-33H,15H2,1H3,(H2,29,30,36)/t16-,22-,23+,28?/m0/s1. The highest BCUT2D eigenvalue weighted by Gasteiger charge is 2.69. The molecule has 10 heteroatoms. The largest absolute Gasteiger partial charge is 0.508 e. The molecular formula is C28H25N3O7. The molecule has 2 aliphatic heterocycles.